The zero-order valence-electron chi connectivity index (χ0n) is 11.1. The molecule has 0 saturated carbocycles. The van der Waals surface area contributed by atoms with Gasteiger partial charge in [-0.15, -0.1) is 0 Å². The van der Waals surface area contributed by atoms with E-state index in [-0.39, 0.29) is 0 Å². The van der Waals surface area contributed by atoms with Crippen LogP contribution in [0.3, 0.4) is 0 Å². The number of rotatable bonds is 8. The summed E-state index contributed by atoms with van der Waals surface area (Å²) in [6.45, 7) is 8.52. The van der Waals surface area contributed by atoms with Crippen LogP contribution < -0.4 is 5.30 Å². The molecule has 0 saturated heterocycles. The smallest absolute Gasteiger partial charge is 0.305 e. The lowest BCUT2D eigenvalue weighted by atomic mass is 10.2. The highest BCUT2D eigenvalue weighted by molar-refractivity contribution is 7.62. The molecule has 0 spiro atoms. The quantitative estimate of drug-likeness (QED) is 0.668. The highest BCUT2D eigenvalue weighted by Crippen LogP contribution is 2.47. The molecule has 0 fully saturated rings. The maximum atomic E-state index is 12.7. The van der Waals surface area contributed by atoms with E-state index in [9.17, 15) is 4.57 Å². The van der Waals surface area contributed by atoms with E-state index in [0.29, 0.717) is 18.5 Å². The largest absolute Gasteiger partial charge is 0.361 e. The zero-order chi connectivity index (χ0) is 13.4. The average molecular weight is 268 g/mol. The molecule has 4 heteroatoms. The molecule has 1 aromatic rings. The van der Waals surface area contributed by atoms with Gasteiger partial charge in [-0.2, -0.15) is 0 Å². The Morgan fingerprint density at radius 1 is 1.22 bits per heavy atom. The molecule has 0 aromatic heterocycles. The number of hydrogen-bond acceptors (Lipinski definition) is 3. The van der Waals surface area contributed by atoms with Crippen LogP contribution in [0.2, 0.25) is 0 Å². The van der Waals surface area contributed by atoms with E-state index in [1.165, 1.54) is 0 Å². The first kappa shape index (κ1) is 15.2. The van der Waals surface area contributed by atoms with Crippen LogP contribution in [0, 0.1) is 0 Å². The van der Waals surface area contributed by atoms with Crippen molar-refractivity contribution in [3.63, 3.8) is 0 Å². The zero-order valence-corrected chi connectivity index (χ0v) is 12.0. The van der Waals surface area contributed by atoms with Crippen LogP contribution >= 0.6 is 7.60 Å². The second-order valence-corrected chi connectivity index (χ2v) is 5.99. The fourth-order valence-corrected chi connectivity index (χ4v) is 3.23. The van der Waals surface area contributed by atoms with Gasteiger partial charge in [-0.3, -0.25) is 4.57 Å². The third-order valence-electron chi connectivity index (χ3n) is 2.35. The van der Waals surface area contributed by atoms with Crippen LogP contribution in [-0.4, -0.2) is 13.2 Å². The summed E-state index contributed by atoms with van der Waals surface area (Å²) in [7, 11) is -3.19. The van der Waals surface area contributed by atoms with E-state index in [0.717, 1.165) is 18.4 Å². The first-order chi connectivity index (χ1) is 8.66. The van der Waals surface area contributed by atoms with E-state index in [2.05, 4.69) is 6.58 Å². The van der Waals surface area contributed by atoms with Crippen LogP contribution in [0.25, 0.3) is 6.08 Å². The molecule has 18 heavy (non-hydrogen) atoms. The predicted octanol–water partition coefficient (Wildman–Crippen LogP) is 4.00. The Morgan fingerprint density at radius 3 is 2.33 bits per heavy atom. The van der Waals surface area contributed by atoms with Gasteiger partial charge in [0.25, 0.3) is 0 Å². The van der Waals surface area contributed by atoms with Gasteiger partial charge in [0.1, 0.15) is 0 Å². The monoisotopic (exact) mass is 268 g/mol. The second kappa shape index (κ2) is 7.52. The maximum Gasteiger partial charge on any atom is 0.361 e. The Bertz CT molecular complexity index is 417. The standard InChI is InChI=1S/C14H21O3P/c1-4-10-16-18(15,17-11-5-2)14-9-7-8-13(6-3)12-14/h6-9,12H,3-5,10-11H2,1-2H3. The Morgan fingerprint density at radius 2 is 1.83 bits per heavy atom. The minimum atomic E-state index is -3.19. The molecule has 0 unspecified atom stereocenters. The van der Waals surface area contributed by atoms with Gasteiger partial charge < -0.3 is 9.05 Å². The first-order valence-electron chi connectivity index (χ1n) is 6.28. The summed E-state index contributed by atoms with van der Waals surface area (Å²) in [6, 6.07) is 7.32. The van der Waals surface area contributed by atoms with Crippen LogP contribution in [0.4, 0.5) is 0 Å². The van der Waals surface area contributed by atoms with Crippen LogP contribution in [-0.2, 0) is 13.6 Å². The van der Waals surface area contributed by atoms with Crippen molar-refractivity contribution in [3.8, 4) is 0 Å². The molecule has 1 aromatic carbocycles. The molecular weight excluding hydrogens is 247 g/mol. The molecule has 0 radical (unpaired) electrons. The van der Waals surface area contributed by atoms with Crippen molar-refractivity contribution in [1.82, 2.24) is 0 Å². The van der Waals surface area contributed by atoms with Gasteiger partial charge in [0.15, 0.2) is 0 Å². The lowest BCUT2D eigenvalue weighted by Crippen LogP contribution is -2.11. The van der Waals surface area contributed by atoms with Crippen LogP contribution in [0.5, 0.6) is 0 Å². The van der Waals surface area contributed by atoms with Gasteiger partial charge in [0.2, 0.25) is 0 Å². The highest BCUT2D eigenvalue weighted by Gasteiger charge is 2.27. The van der Waals surface area contributed by atoms with Crippen molar-refractivity contribution >= 4 is 19.0 Å². The average Bonchev–Trinajstić information content (AvgIpc) is 2.43. The van der Waals surface area contributed by atoms with Gasteiger partial charge in [-0.1, -0.05) is 38.6 Å². The fraction of sp³-hybridized carbons (Fsp3) is 0.429. The van der Waals surface area contributed by atoms with E-state index in [4.69, 9.17) is 9.05 Å². The minimum Gasteiger partial charge on any atom is -0.305 e. The lowest BCUT2D eigenvalue weighted by molar-refractivity contribution is 0.213. The summed E-state index contributed by atoms with van der Waals surface area (Å²) < 4.78 is 23.7. The highest BCUT2D eigenvalue weighted by atomic mass is 31.2. The Kier molecular flexibility index (Phi) is 6.34. The SMILES string of the molecule is C=Cc1cccc(P(=O)(OCCC)OCCC)c1. The number of benzene rings is 1. The predicted molar refractivity (Wildman–Crippen MR) is 76.3 cm³/mol. The van der Waals surface area contributed by atoms with E-state index < -0.39 is 7.60 Å². The molecule has 0 bridgehead atoms. The van der Waals surface area contributed by atoms with Crippen LogP contribution in [0.15, 0.2) is 30.8 Å². The molecule has 0 atom stereocenters. The summed E-state index contributed by atoms with van der Waals surface area (Å²) in [4.78, 5) is 0. The molecule has 0 aliphatic carbocycles. The van der Waals surface area contributed by atoms with Gasteiger partial charge in [-0.25, -0.2) is 0 Å². The van der Waals surface area contributed by atoms with Crippen molar-refractivity contribution in [1.29, 1.82) is 0 Å². The molecular formula is C14H21O3P. The summed E-state index contributed by atoms with van der Waals surface area (Å²) in [5.74, 6) is 0. The van der Waals surface area contributed by atoms with Crippen molar-refractivity contribution < 1.29 is 13.6 Å². The molecule has 0 amide bonds. The summed E-state index contributed by atoms with van der Waals surface area (Å²) in [5, 5.41) is 0.599. The number of hydrogen-bond donors (Lipinski definition) is 0. The van der Waals surface area contributed by atoms with Crippen molar-refractivity contribution in [2.45, 2.75) is 26.7 Å². The minimum absolute atomic E-state index is 0.430. The lowest BCUT2D eigenvalue weighted by Gasteiger charge is -2.18. The molecule has 100 valence electrons. The molecule has 3 nitrogen and oxygen atoms in total. The summed E-state index contributed by atoms with van der Waals surface area (Å²) >= 11 is 0. The van der Waals surface area contributed by atoms with Crippen molar-refractivity contribution in [2.75, 3.05) is 13.2 Å². The van der Waals surface area contributed by atoms with E-state index >= 15 is 0 Å². The topological polar surface area (TPSA) is 35.5 Å². The van der Waals surface area contributed by atoms with Gasteiger partial charge >= 0.3 is 7.60 Å². The molecule has 1 rings (SSSR count). The molecule has 0 aliphatic heterocycles. The molecule has 0 heterocycles. The Balaban J connectivity index is 2.99. The van der Waals surface area contributed by atoms with Crippen molar-refractivity contribution in [2.24, 2.45) is 0 Å². The van der Waals surface area contributed by atoms with Gasteiger partial charge in [0, 0.05) is 0 Å². The Labute approximate surface area is 109 Å². The fourth-order valence-electron chi connectivity index (χ4n) is 1.43. The summed E-state index contributed by atoms with van der Waals surface area (Å²) in [6.07, 6.45) is 3.33. The maximum absolute atomic E-state index is 12.7. The summed E-state index contributed by atoms with van der Waals surface area (Å²) in [5.41, 5.74) is 0.910. The molecule has 0 N–H and O–H groups in total. The third-order valence-corrected chi connectivity index (χ3v) is 4.31. The Hall–Kier alpha value is -0.890. The molecule has 0 aliphatic rings. The third kappa shape index (κ3) is 4.09. The van der Waals surface area contributed by atoms with Crippen LogP contribution in [0.1, 0.15) is 32.3 Å². The normalized spacial score (nSPS) is 11.4. The van der Waals surface area contributed by atoms with Crippen molar-refractivity contribution in [3.05, 3.63) is 36.4 Å². The van der Waals surface area contributed by atoms with Gasteiger partial charge in [-0.05, 0) is 30.5 Å². The first-order valence-corrected chi connectivity index (χ1v) is 7.82. The van der Waals surface area contributed by atoms with Gasteiger partial charge in [0.05, 0.1) is 18.5 Å². The second-order valence-electron chi connectivity index (χ2n) is 3.96. The van der Waals surface area contributed by atoms with E-state index in [1.54, 1.807) is 18.2 Å². The van der Waals surface area contributed by atoms with E-state index in [1.807, 2.05) is 26.0 Å².